The fraction of sp³-hybridized carbons (Fsp3) is 0.750. The molecule has 3 aliphatic rings. The molecule has 0 saturated carbocycles. The fourth-order valence-electron chi connectivity index (χ4n) is 4.82. The average Bonchev–Trinajstić information content (AvgIpc) is 3.33. The van der Waals surface area contributed by atoms with Crippen molar-refractivity contribution in [2.75, 3.05) is 37.7 Å². The molecular weight excluding hydrogens is 458 g/mol. The van der Waals surface area contributed by atoms with Gasteiger partial charge in [-0.3, -0.25) is 9.69 Å². The Bertz CT molecular complexity index is 993. The van der Waals surface area contributed by atoms with Crippen LogP contribution in [0.2, 0.25) is 0 Å². The molecule has 3 saturated heterocycles. The highest BCUT2D eigenvalue weighted by atomic mass is 32.2. The molecule has 0 radical (unpaired) electrons. The van der Waals surface area contributed by atoms with E-state index >= 15 is 0 Å². The standard InChI is InChI=1S/C20H31N3O5S3/c24-19(21-17-14-30(25,26)15-18(17)22-9-3-1-4-10-22)13-16-7-8-20(29-16)31(27,28)23-11-5-2-6-12-23/h7-8,17-18H,1-6,9-15H2,(H,21,24)/t17-,18-/m0/s1. The number of piperidine rings is 2. The molecule has 0 spiro atoms. The molecule has 0 bridgehead atoms. The number of thiophene rings is 1. The van der Waals surface area contributed by atoms with Crippen molar-refractivity contribution in [1.29, 1.82) is 0 Å². The minimum absolute atomic E-state index is 0.0288. The zero-order chi connectivity index (χ0) is 22.1. The number of sulfone groups is 1. The van der Waals surface area contributed by atoms with Crippen molar-refractivity contribution < 1.29 is 21.6 Å². The molecule has 4 rings (SSSR count). The number of hydrogen-bond acceptors (Lipinski definition) is 7. The van der Waals surface area contributed by atoms with Gasteiger partial charge in [0.2, 0.25) is 5.91 Å². The highest BCUT2D eigenvalue weighted by Gasteiger charge is 2.42. The Kier molecular flexibility index (Phi) is 7.07. The average molecular weight is 490 g/mol. The fourth-order valence-corrected chi connectivity index (χ4v) is 9.80. The minimum Gasteiger partial charge on any atom is -0.350 e. The SMILES string of the molecule is O=C(Cc1ccc(S(=O)(=O)N2CCCCC2)s1)N[C@H]1CS(=O)(=O)C[C@@H]1N1CCCCC1. The molecule has 0 aliphatic carbocycles. The van der Waals surface area contributed by atoms with Crippen LogP contribution in [0.15, 0.2) is 16.3 Å². The molecule has 2 atom stereocenters. The van der Waals surface area contributed by atoms with Crippen LogP contribution in [0.5, 0.6) is 0 Å². The number of carbonyl (C=O) groups is 1. The lowest BCUT2D eigenvalue weighted by Gasteiger charge is -2.35. The summed E-state index contributed by atoms with van der Waals surface area (Å²) in [5, 5.41) is 2.93. The molecule has 8 nitrogen and oxygen atoms in total. The Hall–Kier alpha value is -1.01. The molecule has 1 aromatic rings. The number of carbonyl (C=O) groups excluding carboxylic acids is 1. The van der Waals surface area contributed by atoms with Gasteiger partial charge in [-0.25, -0.2) is 16.8 Å². The number of nitrogens with zero attached hydrogens (tertiary/aromatic N) is 2. The number of sulfonamides is 1. The first-order valence-electron chi connectivity index (χ1n) is 11.1. The van der Waals surface area contributed by atoms with Gasteiger partial charge in [-0.1, -0.05) is 12.8 Å². The maximum atomic E-state index is 12.8. The van der Waals surface area contributed by atoms with Crippen LogP contribution in [0.1, 0.15) is 43.4 Å². The number of hydrogen-bond donors (Lipinski definition) is 1. The lowest BCUT2D eigenvalue weighted by atomic mass is 10.0. The third-order valence-corrected chi connectivity index (χ3v) is 11.6. The predicted molar refractivity (Wildman–Crippen MR) is 120 cm³/mol. The summed E-state index contributed by atoms with van der Waals surface area (Å²) in [6, 6.07) is 2.68. The maximum absolute atomic E-state index is 12.8. The summed E-state index contributed by atoms with van der Waals surface area (Å²) in [5.41, 5.74) is 0. The second-order valence-corrected chi connectivity index (χ2v) is 14.3. The van der Waals surface area contributed by atoms with Crippen LogP contribution in [-0.4, -0.2) is 81.7 Å². The maximum Gasteiger partial charge on any atom is 0.252 e. The Morgan fingerprint density at radius 3 is 2.32 bits per heavy atom. The smallest absolute Gasteiger partial charge is 0.252 e. The quantitative estimate of drug-likeness (QED) is 0.645. The first-order chi connectivity index (χ1) is 14.7. The number of nitrogens with one attached hydrogen (secondary N) is 1. The van der Waals surface area contributed by atoms with E-state index in [1.54, 1.807) is 12.1 Å². The number of rotatable bonds is 6. The van der Waals surface area contributed by atoms with E-state index in [0.29, 0.717) is 18.0 Å². The molecule has 1 amide bonds. The van der Waals surface area contributed by atoms with Crippen molar-refractivity contribution in [3.8, 4) is 0 Å². The van der Waals surface area contributed by atoms with Crippen molar-refractivity contribution in [2.45, 2.75) is 61.2 Å². The van der Waals surface area contributed by atoms with Crippen LogP contribution in [-0.2, 0) is 31.1 Å². The monoisotopic (exact) mass is 489 g/mol. The molecule has 3 aliphatic heterocycles. The Labute approximate surface area is 189 Å². The van der Waals surface area contributed by atoms with Crippen LogP contribution in [0, 0.1) is 0 Å². The van der Waals surface area contributed by atoms with Crippen molar-refractivity contribution in [3.63, 3.8) is 0 Å². The van der Waals surface area contributed by atoms with E-state index in [2.05, 4.69) is 10.2 Å². The van der Waals surface area contributed by atoms with E-state index < -0.39 is 25.9 Å². The molecule has 1 aromatic heterocycles. The van der Waals surface area contributed by atoms with E-state index in [4.69, 9.17) is 0 Å². The highest BCUT2D eigenvalue weighted by molar-refractivity contribution is 7.91. The van der Waals surface area contributed by atoms with Gasteiger partial charge in [0.05, 0.1) is 24.0 Å². The molecule has 1 N–H and O–H groups in total. The van der Waals surface area contributed by atoms with Crippen molar-refractivity contribution >= 4 is 37.1 Å². The lowest BCUT2D eigenvalue weighted by Crippen LogP contribution is -2.52. The molecule has 11 heteroatoms. The highest BCUT2D eigenvalue weighted by Crippen LogP contribution is 2.28. The van der Waals surface area contributed by atoms with Crippen molar-refractivity contribution in [1.82, 2.24) is 14.5 Å². The first kappa shape index (κ1) is 23.2. The van der Waals surface area contributed by atoms with Crippen LogP contribution < -0.4 is 5.32 Å². The molecule has 174 valence electrons. The van der Waals surface area contributed by atoms with Gasteiger partial charge < -0.3 is 5.32 Å². The summed E-state index contributed by atoms with van der Waals surface area (Å²) in [4.78, 5) is 15.6. The van der Waals surface area contributed by atoms with E-state index in [9.17, 15) is 21.6 Å². The first-order valence-corrected chi connectivity index (χ1v) is 15.2. The summed E-state index contributed by atoms with van der Waals surface area (Å²) in [7, 11) is -6.68. The normalized spacial score (nSPS) is 27.9. The second-order valence-electron chi connectivity index (χ2n) is 8.78. The third kappa shape index (κ3) is 5.50. The van der Waals surface area contributed by atoms with Gasteiger partial charge in [0.1, 0.15) is 4.21 Å². The summed E-state index contributed by atoms with van der Waals surface area (Å²) in [5.74, 6) is -0.193. The predicted octanol–water partition coefficient (Wildman–Crippen LogP) is 1.23. The van der Waals surface area contributed by atoms with Crippen LogP contribution >= 0.6 is 11.3 Å². The molecule has 3 fully saturated rings. The van der Waals surface area contributed by atoms with Gasteiger partial charge >= 0.3 is 0 Å². The van der Waals surface area contributed by atoms with E-state index in [1.807, 2.05) is 0 Å². The van der Waals surface area contributed by atoms with Gasteiger partial charge in [-0.15, -0.1) is 11.3 Å². The summed E-state index contributed by atoms with van der Waals surface area (Å²) >= 11 is 1.13. The zero-order valence-electron chi connectivity index (χ0n) is 17.7. The summed E-state index contributed by atoms with van der Waals surface area (Å²) in [6.45, 7) is 2.83. The Morgan fingerprint density at radius 1 is 1.00 bits per heavy atom. The minimum atomic E-state index is -3.50. The Balaban J connectivity index is 1.39. The number of amides is 1. The molecule has 0 unspecified atom stereocenters. The van der Waals surface area contributed by atoms with Gasteiger partial charge in [-0.2, -0.15) is 4.31 Å². The van der Waals surface area contributed by atoms with Crippen LogP contribution in [0.3, 0.4) is 0 Å². The van der Waals surface area contributed by atoms with Gasteiger partial charge in [-0.05, 0) is 50.9 Å². The lowest BCUT2D eigenvalue weighted by molar-refractivity contribution is -0.121. The van der Waals surface area contributed by atoms with Crippen molar-refractivity contribution in [2.24, 2.45) is 0 Å². The summed E-state index contributed by atoms with van der Waals surface area (Å²) < 4.78 is 51.9. The van der Waals surface area contributed by atoms with Gasteiger partial charge in [0, 0.05) is 24.0 Å². The molecule has 4 heterocycles. The van der Waals surface area contributed by atoms with E-state index in [-0.39, 0.29) is 34.1 Å². The molecule has 0 aromatic carbocycles. The van der Waals surface area contributed by atoms with Gasteiger partial charge in [0.15, 0.2) is 9.84 Å². The Morgan fingerprint density at radius 2 is 1.65 bits per heavy atom. The third-order valence-electron chi connectivity index (χ3n) is 6.41. The van der Waals surface area contributed by atoms with E-state index in [0.717, 1.165) is 63.0 Å². The summed E-state index contributed by atoms with van der Waals surface area (Å²) in [6.07, 6.45) is 6.14. The van der Waals surface area contributed by atoms with Crippen LogP contribution in [0.25, 0.3) is 0 Å². The second kappa shape index (κ2) is 9.46. The number of likely N-dealkylation sites (tertiary alicyclic amines) is 1. The van der Waals surface area contributed by atoms with Crippen LogP contribution in [0.4, 0.5) is 0 Å². The molecule has 31 heavy (non-hydrogen) atoms. The topological polar surface area (TPSA) is 104 Å². The zero-order valence-corrected chi connectivity index (χ0v) is 20.1. The molecular formula is C20H31N3O5S3. The largest absolute Gasteiger partial charge is 0.350 e. The van der Waals surface area contributed by atoms with E-state index in [1.165, 1.54) is 4.31 Å². The van der Waals surface area contributed by atoms with Crippen molar-refractivity contribution in [3.05, 3.63) is 17.0 Å². The van der Waals surface area contributed by atoms with Gasteiger partial charge in [0.25, 0.3) is 10.0 Å².